The summed E-state index contributed by atoms with van der Waals surface area (Å²) in [6.45, 7) is 0.614. The number of nitro benzene ring substituents is 1. The van der Waals surface area contributed by atoms with Crippen molar-refractivity contribution in [2.24, 2.45) is 5.73 Å². The number of nitrogens with one attached hydrogen (secondary N) is 3. The molecule has 5 N–H and O–H groups in total. The normalized spacial score (nSPS) is 13.8. The highest BCUT2D eigenvalue weighted by Crippen LogP contribution is 2.39. The van der Waals surface area contributed by atoms with Gasteiger partial charge in [-0.1, -0.05) is 36.4 Å². The van der Waals surface area contributed by atoms with Gasteiger partial charge in [0, 0.05) is 40.8 Å². The van der Waals surface area contributed by atoms with Crippen molar-refractivity contribution >= 4 is 34.2 Å². The Morgan fingerprint density at radius 2 is 1.83 bits per heavy atom. The number of aryl methyl sites for hydroxylation is 1. The molecule has 0 fully saturated rings. The lowest BCUT2D eigenvalue weighted by atomic mass is 9.98. The Morgan fingerprint density at radius 3 is 2.50 bits per heavy atom. The van der Waals surface area contributed by atoms with E-state index < -0.39 is 4.92 Å². The largest absolute Gasteiger partial charge is 0.354 e. The SMILES string of the molecule is NCCCc1ccc(/C(Nc2ccc(-c3c[nH]cn3)cc2)=C2/C(=O)Nc3ccc([N+](=O)[O-])cc32)cc1. The Balaban J connectivity index is 1.59. The summed E-state index contributed by atoms with van der Waals surface area (Å²) in [6, 6.07) is 20.0. The lowest BCUT2D eigenvalue weighted by Crippen LogP contribution is -2.10. The monoisotopic (exact) mass is 480 g/mol. The molecule has 9 heteroatoms. The number of hydrogen-bond donors (Lipinski definition) is 4. The first-order valence-corrected chi connectivity index (χ1v) is 11.5. The molecule has 0 atom stereocenters. The maximum atomic E-state index is 13.1. The van der Waals surface area contributed by atoms with Gasteiger partial charge in [-0.25, -0.2) is 4.98 Å². The number of benzene rings is 3. The van der Waals surface area contributed by atoms with E-state index in [2.05, 4.69) is 20.6 Å². The van der Waals surface area contributed by atoms with Gasteiger partial charge in [-0.3, -0.25) is 14.9 Å². The van der Waals surface area contributed by atoms with Gasteiger partial charge in [0.05, 0.1) is 28.2 Å². The van der Waals surface area contributed by atoms with Crippen LogP contribution in [0, 0.1) is 10.1 Å². The number of anilines is 2. The van der Waals surface area contributed by atoms with E-state index in [-0.39, 0.29) is 11.6 Å². The van der Waals surface area contributed by atoms with E-state index in [9.17, 15) is 14.9 Å². The van der Waals surface area contributed by atoms with Crippen LogP contribution < -0.4 is 16.4 Å². The van der Waals surface area contributed by atoms with Crippen molar-refractivity contribution in [3.8, 4) is 11.3 Å². The lowest BCUT2D eigenvalue weighted by molar-refractivity contribution is -0.384. The Hall–Kier alpha value is -4.76. The second-order valence-corrected chi connectivity index (χ2v) is 8.44. The maximum Gasteiger partial charge on any atom is 0.270 e. The average Bonchev–Trinajstić information content (AvgIpc) is 3.54. The lowest BCUT2D eigenvalue weighted by Gasteiger charge is -2.15. The molecule has 0 radical (unpaired) electrons. The number of rotatable bonds is 8. The first-order chi connectivity index (χ1) is 17.5. The van der Waals surface area contributed by atoms with E-state index in [4.69, 9.17) is 5.73 Å². The van der Waals surface area contributed by atoms with Crippen molar-refractivity contribution in [2.75, 3.05) is 17.2 Å². The minimum Gasteiger partial charge on any atom is -0.354 e. The van der Waals surface area contributed by atoms with E-state index in [1.54, 1.807) is 12.4 Å². The first kappa shape index (κ1) is 23.0. The van der Waals surface area contributed by atoms with Gasteiger partial charge < -0.3 is 21.4 Å². The van der Waals surface area contributed by atoms with Crippen LogP contribution in [0.5, 0.6) is 0 Å². The van der Waals surface area contributed by atoms with E-state index in [0.717, 1.165) is 40.9 Å². The maximum absolute atomic E-state index is 13.1. The van der Waals surface area contributed by atoms with Gasteiger partial charge in [-0.2, -0.15) is 0 Å². The van der Waals surface area contributed by atoms with Crippen molar-refractivity contribution in [3.63, 3.8) is 0 Å². The third-order valence-electron chi connectivity index (χ3n) is 6.07. The molecule has 1 aromatic heterocycles. The number of H-pyrrole nitrogens is 1. The number of nitrogens with zero attached hydrogens (tertiary/aromatic N) is 2. The number of nitrogens with two attached hydrogens (primary N) is 1. The third kappa shape index (κ3) is 4.59. The van der Waals surface area contributed by atoms with Crippen LogP contribution >= 0.6 is 0 Å². The van der Waals surface area contributed by atoms with E-state index in [1.807, 2.05) is 54.7 Å². The molecule has 3 aromatic carbocycles. The minimum atomic E-state index is -0.464. The van der Waals surface area contributed by atoms with Gasteiger partial charge in [0.1, 0.15) is 0 Å². The number of nitro groups is 1. The van der Waals surface area contributed by atoms with Crippen LogP contribution in [0.4, 0.5) is 17.1 Å². The van der Waals surface area contributed by atoms with Crippen molar-refractivity contribution in [3.05, 3.63) is 106 Å². The Labute approximate surface area is 207 Å². The molecule has 0 saturated carbocycles. The zero-order valence-electron chi connectivity index (χ0n) is 19.3. The molecule has 2 heterocycles. The molecular formula is C27H24N6O3. The fraction of sp³-hybridized carbons (Fsp3) is 0.111. The molecule has 0 unspecified atom stereocenters. The van der Waals surface area contributed by atoms with Crippen molar-refractivity contribution in [1.82, 2.24) is 9.97 Å². The topological polar surface area (TPSA) is 139 Å². The van der Waals surface area contributed by atoms with E-state index in [1.165, 1.54) is 12.1 Å². The fourth-order valence-corrected chi connectivity index (χ4v) is 4.23. The van der Waals surface area contributed by atoms with Crippen molar-refractivity contribution in [1.29, 1.82) is 0 Å². The van der Waals surface area contributed by atoms with Crippen LogP contribution in [0.3, 0.4) is 0 Å². The highest BCUT2D eigenvalue weighted by Gasteiger charge is 2.30. The molecule has 36 heavy (non-hydrogen) atoms. The molecule has 9 nitrogen and oxygen atoms in total. The van der Waals surface area contributed by atoms with Crippen molar-refractivity contribution in [2.45, 2.75) is 12.8 Å². The Bertz CT molecular complexity index is 1440. The van der Waals surface area contributed by atoms with Gasteiger partial charge in [0.15, 0.2) is 0 Å². The summed E-state index contributed by atoms with van der Waals surface area (Å²) in [4.78, 5) is 31.3. The summed E-state index contributed by atoms with van der Waals surface area (Å²) in [5.74, 6) is -0.326. The molecule has 1 amide bonds. The molecule has 0 saturated heterocycles. The number of amides is 1. The predicted molar refractivity (Wildman–Crippen MR) is 140 cm³/mol. The number of imidazole rings is 1. The van der Waals surface area contributed by atoms with Crippen LogP contribution in [0.1, 0.15) is 23.1 Å². The van der Waals surface area contributed by atoms with Crippen LogP contribution in [-0.2, 0) is 11.2 Å². The van der Waals surface area contributed by atoms with Gasteiger partial charge in [0.25, 0.3) is 11.6 Å². The summed E-state index contributed by atoms with van der Waals surface area (Å²) >= 11 is 0. The van der Waals surface area contributed by atoms with E-state index >= 15 is 0 Å². The second kappa shape index (κ2) is 9.85. The van der Waals surface area contributed by atoms with E-state index in [0.29, 0.717) is 29.1 Å². The molecule has 1 aliphatic rings. The number of aromatic amines is 1. The van der Waals surface area contributed by atoms with Gasteiger partial charge >= 0.3 is 0 Å². The van der Waals surface area contributed by atoms with Gasteiger partial charge in [0.2, 0.25) is 0 Å². The van der Waals surface area contributed by atoms with Crippen LogP contribution in [-0.4, -0.2) is 27.3 Å². The highest BCUT2D eigenvalue weighted by molar-refractivity contribution is 6.37. The molecule has 5 rings (SSSR count). The molecule has 4 aromatic rings. The molecule has 0 aliphatic carbocycles. The zero-order chi connectivity index (χ0) is 25.1. The molecule has 1 aliphatic heterocycles. The first-order valence-electron chi connectivity index (χ1n) is 11.5. The summed E-state index contributed by atoms with van der Waals surface area (Å²) < 4.78 is 0. The summed E-state index contributed by atoms with van der Waals surface area (Å²) in [7, 11) is 0. The summed E-state index contributed by atoms with van der Waals surface area (Å²) in [5, 5.41) is 17.6. The molecule has 0 bridgehead atoms. The number of carbonyl (C=O) groups excluding carboxylic acids is 1. The minimum absolute atomic E-state index is 0.0809. The number of non-ortho nitro benzene ring substituents is 1. The van der Waals surface area contributed by atoms with Crippen LogP contribution in [0.15, 0.2) is 79.3 Å². The summed E-state index contributed by atoms with van der Waals surface area (Å²) in [6.07, 6.45) is 5.18. The number of aromatic nitrogens is 2. The Kier molecular flexibility index (Phi) is 6.29. The highest BCUT2D eigenvalue weighted by atomic mass is 16.6. The van der Waals surface area contributed by atoms with Crippen LogP contribution in [0.2, 0.25) is 0 Å². The number of fused-ring (bicyclic) bond motifs is 1. The molecular weight excluding hydrogens is 456 g/mol. The van der Waals surface area contributed by atoms with Gasteiger partial charge in [-0.15, -0.1) is 0 Å². The van der Waals surface area contributed by atoms with Crippen molar-refractivity contribution < 1.29 is 9.72 Å². The summed E-state index contributed by atoms with van der Waals surface area (Å²) in [5.41, 5.74) is 11.9. The quantitative estimate of drug-likeness (QED) is 0.162. The zero-order valence-corrected chi connectivity index (χ0v) is 19.3. The van der Waals surface area contributed by atoms with Crippen LogP contribution in [0.25, 0.3) is 22.5 Å². The third-order valence-corrected chi connectivity index (χ3v) is 6.07. The number of carbonyl (C=O) groups is 1. The van der Waals surface area contributed by atoms with Gasteiger partial charge in [-0.05, 0) is 48.7 Å². The number of hydrogen-bond acceptors (Lipinski definition) is 6. The smallest absolute Gasteiger partial charge is 0.270 e. The average molecular weight is 481 g/mol. The second-order valence-electron chi connectivity index (χ2n) is 8.44. The molecule has 0 spiro atoms. The Morgan fingerprint density at radius 1 is 1.06 bits per heavy atom. The fourth-order valence-electron chi connectivity index (χ4n) is 4.23. The standard InChI is InChI=1S/C27H24N6O3/c28-13-1-2-17-3-5-19(6-4-17)26(31-20-9-7-18(8-10-20)24-15-29-16-30-24)25-22-14-21(33(35)36)11-12-23(22)32-27(25)34/h3-12,14-16,31H,1-2,13,28H2,(H,29,30)(H,32,34)/b26-25-. The predicted octanol–water partition coefficient (Wildman–Crippen LogP) is 4.81. The molecule has 180 valence electrons.